The number of hydrogen-bond acceptors (Lipinski definition) is 4. The van der Waals surface area contributed by atoms with E-state index in [9.17, 15) is 22.4 Å². The molecule has 3 rings (SSSR count). The Bertz CT molecular complexity index is 1450. The van der Waals surface area contributed by atoms with Gasteiger partial charge in [0, 0.05) is 23.2 Å². The van der Waals surface area contributed by atoms with Crippen LogP contribution in [0.3, 0.4) is 0 Å². The first-order valence-electron chi connectivity index (χ1n) is 12.5. The number of sulfonamides is 1. The molecule has 10 heteroatoms. The molecule has 3 aromatic rings. The fourth-order valence-corrected chi connectivity index (χ4v) is 5.47. The van der Waals surface area contributed by atoms with Gasteiger partial charge in [0.2, 0.25) is 11.8 Å². The molecule has 39 heavy (non-hydrogen) atoms. The highest BCUT2D eigenvalue weighted by Crippen LogP contribution is 2.27. The van der Waals surface area contributed by atoms with Gasteiger partial charge < -0.3 is 10.2 Å². The van der Waals surface area contributed by atoms with Crippen LogP contribution in [0, 0.1) is 19.7 Å². The largest absolute Gasteiger partial charge is 0.352 e. The maximum absolute atomic E-state index is 14.6. The van der Waals surface area contributed by atoms with E-state index in [0.29, 0.717) is 5.02 Å². The molecule has 0 saturated heterocycles. The number of amides is 2. The lowest BCUT2D eigenvalue weighted by molar-refractivity contribution is -0.139. The first-order valence-corrected chi connectivity index (χ1v) is 14.3. The zero-order chi connectivity index (χ0) is 28.9. The van der Waals surface area contributed by atoms with E-state index in [-0.39, 0.29) is 28.7 Å². The van der Waals surface area contributed by atoms with Crippen LogP contribution in [0.1, 0.15) is 37.5 Å². The van der Waals surface area contributed by atoms with E-state index in [1.54, 1.807) is 38.1 Å². The maximum Gasteiger partial charge on any atom is 0.264 e. The minimum Gasteiger partial charge on any atom is -0.352 e. The number of carbonyl (C=O) groups is 2. The molecule has 2 amide bonds. The van der Waals surface area contributed by atoms with Crippen molar-refractivity contribution in [1.82, 2.24) is 10.2 Å². The molecule has 7 nitrogen and oxygen atoms in total. The molecule has 1 atom stereocenters. The van der Waals surface area contributed by atoms with Gasteiger partial charge in [0.15, 0.2) is 0 Å². The molecule has 0 unspecified atom stereocenters. The third kappa shape index (κ3) is 7.36. The number of aryl methyl sites for hydroxylation is 2. The molecule has 0 aliphatic heterocycles. The second kappa shape index (κ2) is 12.6. The first kappa shape index (κ1) is 30.1. The highest BCUT2D eigenvalue weighted by Gasteiger charge is 2.33. The highest BCUT2D eigenvalue weighted by atomic mass is 35.5. The van der Waals surface area contributed by atoms with Crippen molar-refractivity contribution in [3.63, 3.8) is 0 Å². The van der Waals surface area contributed by atoms with Crippen molar-refractivity contribution in [2.45, 2.75) is 58.1 Å². The van der Waals surface area contributed by atoms with E-state index in [0.717, 1.165) is 15.4 Å². The first-order chi connectivity index (χ1) is 18.3. The summed E-state index contributed by atoms with van der Waals surface area (Å²) in [5.74, 6) is -1.64. The SMILES string of the molecule is Cc1ccc(N(CC(=O)N(Cc2ccccc2F)[C@H](C)C(=O)NC(C)C)S(=O)(=O)c2ccc(Cl)cc2)cc1C. The Labute approximate surface area is 234 Å². The molecule has 0 saturated carbocycles. The van der Waals surface area contributed by atoms with Crippen molar-refractivity contribution < 1.29 is 22.4 Å². The summed E-state index contributed by atoms with van der Waals surface area (Å²) in [7, 11) is -4.22. The van der Waals surface area contributed by atoms with Crippen LogP contribution in [0.5, 0.6) is 0 Å². The summed E-state index contributed by atoms with van der Waals surface area (Å²) in [5.41, 5.74) is 2.28. The average Bonchev–Trinajstić information content (AvgIpc) is 2.87. The molecular formula is C29H33ClFN3O4S. The van der Waals surface area contributed by atoms with Crippen LogP contribution >= 0.6 is 11.6 Å². The van der Waals surface area contributed by atoms with E-state index >= 15 is 0 Å². The number of halogens is 2. The van der Waals surface area contributed by atoms with Gasteiger partial charge in [-0.2, -0.15) is 0 Å². The predicted molar refractivity (Wildman–Crippen MR) is 152 cm³/mol. The monoisotopic (exact) mass is 573 g/mol. The van der Waals surface area contributed by atoms with Crippen LogP contribution in [-0.4, -0.2) is 43.8 Å². The topological polar surface area (TPSA) is 86.8 Å². The van der Waals surface area contributed by atoms with Crippen LogP contribution in [-0.2, 0) is 26.2 Å². The quantitative estimate of drug-likeness (QED) is 0.360. The van der Waals surface area contributed by atoms with Gasteiger partial charge >= 0.3 is 0 Å². The Balaban J connectivity index is 2.07. The number of nitrogens with one attached hydrogen (secondary N) is 1. The van der Waals surface area contributed by atoms with Crippen molar-refractivity contribution >= 4 is 39.1 Å². The van der Waals surface area contributed by atoms with Crippen molar-refractivity contribution in [2.75, 3.05) is 10.8 Å². The molecule has 3 aromatic carbocycles. The minimum absolute atomic E-state index is 0.0517. The third-order valence-electron chi connectivity index (χ3n) is 6.36. The summed E-state index contributed by atoms with van der Waals surface area (Å²) in [6, 6.07) is 15.5. The minimum atomic E-state index is -4.22. The molecule has 0 aromatic heterocycles. The Morgan fingerprint density at radius 3 is 2.18 bits per heavy atom. The van der Waals surface area contributed by atoms with Gasteiger partial charge in [-0.25, -0.2) is 12.8 Å². The van der Waals surface area contributed by atoms with Crippen LogP contribution in [0.2, 0.25) is 5.02 Å². The van der Waals surface area contributed by atoms with Crippen molar-refractivity contribution in [1.29, 1.82) is 0 Å². The van der Waals surface area contributed by atoms with Gasteiger partial charge in [0.25, 0.3) is 10.0 Å². The van der Waals surface area contributed by atoms with Gasteiger partial charge in [0.1, 0.15) is 18.4 Å². The molecule has 0 aliphatic carbocycles. The Hall–Kier alpha value is -3.43. The normalized spacial score (nSPS) is 12.2. The van der Waals surface area contributed by atoms with Gasteiger partial charge in [-0.3, -0.25) is 13.9 Å². The number of carbonyl (C=O) groups excluding carboxylic acids is 2. The summed E-state index contributed by atoms with van der Waals surface area (Å²) >= 11 is 5.97. The predicted octanol–water partition coefficient (Wildman–Crippen LogP) is 5.23. The number of rotatable bonds is 10. The highest BCUT2D eigenvalue weighted by molar-refractivity contribution is 7.92. The molecule has 0 fully saturated rings. The standard InChI is InChI=1S/C29H33ClFN3O4S/c1-19(2)32-29(36)22(5)33(17-23-8-6-7-9-27(23)31)28(35)18-34(25-13-10-20(3)21(4)16-25)39(37,38)26-14-11-24(30)12-15-26/h6-16,19,22H,17-18H2,1-5H3,(H,32,36)/t22-/m1/s1. The van der Waals surface area contributed by atoms with Crippen molar-refractivity contribution in [3.8, 4) is 0 Å². The lowest BCUT2D eigenvalue weighted by Crippen LogP contribution is -2.52. The molecule has 208 valence electrons. The summed E-state index contributed by atoms with van der Waals surface area (Å²) in [6.45, 7) is 8.01. The van der Waals surface area contributed by atoms with Crippen LogP contribution < -0.4 is 9.62 Å². The molecule has 0 heterocycles. The number of anilines is 1. The fraction of sp³-hybridized carbons (Fsp3) is 0.310. The maximum atomic E-state index is 14.6. The Kier molecular flexibility index (Phi) is 9.74. The summed E-state index contributed by atoms with van der Waals surface area (Å²) in [4.78, 5) is 27.9. The van der Waals surface area contributed by atoms with Crippen molar-refractivity contribution in [3.05, 3.63) is 94.3 Å². The summed E-state index contributed by atoms with van der Waals surface area (Å²) in [5, 5.41) is 3.13. The zero-order valence-corrected chi connectivity index (χ0v) is 24.2. The van der Waals surface area contributed by atoms with E-state index in [2.05, 4.69) is 5.32 Å². The lowest BCUT2D eigenvalue weighted by Gasteiger charge is -2.32. The molecule has 1 N–H and O–H groups in total. The van der Waals surface area contributed by atoms with E-state index in [4.69, 9.17) is 11.6 Å². The van der Waals surface area contributed by atoms with Gasteiger partial charge in [-0.1, -0.05) is 35.9 Å². The van der Waals surface area contributed by atoms with Gasteiger partial charge in [-0.15, -0.1) is 0 Å². The van der Waals surface area contributed by atoms with E-state index in [1.165, 1.54) is 54.3 Å². The second-order valence-corrected chi connectivity index (χ2v) is 12.0. The summed E-state index contributed by atoms with van der Waals surface area (Å²) < 4.78 is 43.3. The van der Waals surface area contributed by atoms with Crippen molar-refractivity contribution in [2.24, 2.45) is 0 Å². The lowest BCUT2D eigenvalue weighted by atomic mass is 10.1. The van der Waals surface area contributed by atoms with Crippen LogP contribution in [0.25, 0.3) is 0 Å². The third-order valence-corrected chi connectivity index (χ3v) is 8.40. The van der Waals surface area contributed by atoms with Gasteiger partial charge in [0.05, 0.1) is 10.6 Å². The Morgan fingerprint density at radius 1 is 0.949 bits per heavy atom. The molecule has 0 spiro atoms. The molecule has 0 radical (unpaired) electrons. The zero-order valence-electron chi connectivity index (χ0n) is 22.6. The van der Waals surface area contributed by atoms with Gasteiger partial charge in [-0.05, 0) is 88.2 Å². The van der Waals surface area contributed by atoms with Crippen LogP contribution in [0.4, 0.5) is 10.1 Å². The van der Waals surface area contributed by atoms with E-state index < -0.39 is 40.2 Å². The number of benzene rings is 3. The second-order valence-electron chi connectivity index (χ2n) is 9.69. The number of nitrogens with zero attached hydrogens (tertiary/aromatic N) is 2. The molecule has 0 aliphatic rings. The van der Waals surface area contributed by atoms with Crippen LogP contribution in [0.15, 0.2) is 71.6 Å². The smallest absolute Gasteiger partial charge is 0.264 e. The van der Waals surface area contributed by atoms with E-state index in [1.807, 2.05) is 13.8 Å². The molecule has 0 bridgehead atoms. The fourth-order valence-electron chi connectivity index (χ4n) is 3.94. The molecular weight excluding hydrogens is 541 g/mol. The Morgan fingerprint density at radius 2 is 1.59 bits per heavy atom. The average molecular weight is 574 g/mol. The number of hydrogen-bond donors (Lipinski definition) is 1. The summed E-state index contributed by atoms with van der Waals surface area (Å²) in [6.07, 6.45) is 0.